The van der Waals surface area contributed by atoms with E-state index < -0.39 is 0 Å². The van der Waals surface area contributed by atoms with E-state index in [1.807, 2.05) is 6.92 Å². The molecule has 0 aliphatic carbocycles. The van der Waals surface area contributed by atoms with E-state index in [1.165, 1.54) is 25.7 Å². The molecule has 0 saturated carbocycles. The number of aromatic nitrogens is 3. The monoisotopic (exact) mass is 300 g/mol. The van der Waals surface area contributed by atoms with Gasteiger partial charge >= 0.3 is 6.01 Å². The third kappa shape index (κ3) is 6.37. The number of hydrogen-bond donors (Lipinski definition) is 1. The minimum atomic E-state index is 0.148. The molecule has 1 rings (SSSR count). The average Bonchev–Trinajstić information content (AvgIpc) is 2.37. The summed E-state index contributed by atoms with van der Waals surface area (Å²) >= 11 is 5.86. The molecule has 5 nitrogen and oxygen atoms in total. The van der Waals surface area contributed by atoms with E-state index in [2.05, 4.69) is 41.0 Å². The second-order valence-corrected chi connectivity index (χ2v) is 5.96. The summed E-state index contributed by atoms with van der Waals surface area (Å²) in [7, 11) is 0. The lowest BCUT2D eigenvalue weighted by atomic mass is 9.87. The maximum absolute atomic E-state index is 5.86. The Morgan fingerprint density at radius 3 is 2.55 bits per heavy atom. The van der Waals surface area contributed by atoms with E-state index >= 15 is 0 Å². The maximum Gasteiger partial charge on any atom is 0.322 e. The van der Waals surface area contributed by atoms with E-state index in [4.69, 9.17) is 16.3 Å². The molecule has 0 spiro atoms. The topological polar surface area (TPSA) is 59.9 Å². The van der Waals surface area contributed by atoms with Crippen LogP contribution in [0.25, 0.3) is 0 Å². The van der Waals surface area contributed by atoms with Crippen LogP contribution in [-0.2, 0) is 0 Å². The summed E-state index contributed by atoms with van der Waals surface area (Å²) in [5, 5.41) is 3.37. The van der Waals surface area contributed by atoms with Crippen LogP contribution in [0.1, 0.15) is 53.4 Å². The van der Waals surface area contributed by atoms with Crippen LogP contribution < -0.4 is 10.1 Å². The zero-order valence-electron chi connectivity index (χ0n) is 12.9. The molecule has 0 aliphatic heterocycles. The fourth-order valence-corrected chi connectivity index (χ4v) is 2.02. The molecular weight excluding hydrogens is 276 g/mol. The zero-order valence-corrected chi connectivity index (χ0v) is 13.6. The Kier molecular flexibility index (Phi) is 6.99. The van der Waals surface area contributed by atoms with Crippen LogP contribution in [0.3, 0.4) is 0 Å². The third-order valence-electron chi connectivity index (χ3n) is 3.04. The largest absolute Gasteiger partial charge is 0.464 e. The summed E-state index contributed by atoms with van der Waals surface area (Å²) in [5.74, 6) is 0.469. The highest BCUT2D eigenvalue weighted by Gasteiger charge is 2.18. The lowest BCUT2D eigenvalue weighted by molar-refractivity contribution is 0.311. The van der Waals surface area contributed by atoms with Gasteiger partial charge in [-0.2, -0.15) is 15.0 Å². The average molecular weight is 301 g/mol. The van der Waals surface area contributed by atoms with Crippen molar-refractivity contribution < 1.29 is 4.74 Å². The number of nitrogens with one attached hydrogen (secondary N) is 1. The van der Waals surface area contributed by atoms with E-state index in [1.54, 1.807) is 0 Å². The highest BCUT2D eigenvalue weighted by atomic mass is 35.5. The molecule has 0 bridgehead atoms. The maximum atomic E-state index is 5.86. The number of ether oxygens (including phenoxy) is 1. The first-order chi connectivity index (χ1) is 9.46. The zero-order chi connectivity index (χ0) is 15.0. The van der Waals surface area contributed by atoms with Crippen LogP contribution in [-0.4, -0.2) is 28.1 Å². The van der Waals surface area contributed by atoms with Gasteiger partial charge in [0.25, 0.3) is 0 Å². The van der Waals surface area contributed by atoms with Crippen molar-refractivity contribution in [3.05, 3.63) is 5.28 Å². The van der Waals surface area contributed by atoms with E-state index in [-0.39, 0.29) is 16.7 Å². The van der Waals surface area contributed by atoms with Crippen molar-refractivity contribution in [2.45, 2.75) is 53.4 Å². The first kappa shape index (κ1) is 17.0. The van der Waals surface area contributed by atoms with Crippen LogP contribution >= 0.6 is 11.6 Å². The standard InChI is InChI=1S/C14H25ClN4O/c1-5-7-8-9-14(3,4)10-16-12-17-11(15)18-13(19-12)20-6-2/h5-10H2,1-4H3,(H,16,17,18,19). The van der Waals surface area contributed by atoms with Gasteiger partial charge in [-0.15, -0.1) is 0 Å². The van der Waals surface area contributed by atoms with Gasteiger partial charge in [0.1, 0.15) is 0 Å². The number of anilines is 1. The molecule has 0 atom stereocenters. The molecular formula is C14H25ClN4O. The van der Waals surface area contributed by atoms with Gasteiger partial charge in [0.15, 0.2) is 0 Å². The summed E-state index contributed by atoms with van der Waals surface area (Å²) in [6.07, 6.45) is 4.93. The molecule has 1 heterocycles. The van der Waals surface area contributed by atoms with Gasteiger partial charge in [0, 0.05) is 6.54 Å². The molecule has 1 aromatic heterocycles. The van der Waals surface area contributed by atoms with E-state index in [9.17, 15) is 0 Å². The Bertz CT molecular complexity index is 412. The van der Waals surface area contributed by atoms with Crippen molar-refractivity contribution in [1.82, 2.24) is 15.0 Å². The Morgan fingerprint density at radius 1 is 1.15 bits per heavy atom. The van der Waals surface area contributed by atoms with Crippen molar-refractivity contribution >= 4 is 17.5 Å². The number of nitrogens with zero attached hydrogens (tertiary/aromatic N) is 3. The summed E-state index contributed by atoms with van der Waals surface area (Å²) in [6.45, 7) is 9.86. The van der Waals surface area contributed by atoms with Crippen LogP contribution in [0.15, 0.2) is 0 Å². The van der Waals surface area contributed by atoms with Crippen molar-refractivity contribution in [3.8, 4) is 6.01 Å². The number of rotatable bonds is 9. The van der Waals surface area contributed by atoms with Crippen LogP contribution in [0, 0.1) is 5.41 Å². The molecule has 114 valence electrons. The SMILES string of the molecule is CCCCCC(C)(C)CNc1nc(Cl)nc(OCC)n1. The molecule has 0 aliphatic rings. The molecule has 6 heteroatoms. The molecule has 0 aromatic carbocycles. The van der Waals surface area contributed by atoms with Gasteiger partial charge in [0.05, 0.1) is 6.61 Å². The Balaban J connectivity index is 2.55. The van der Waals surface area contributed by atoms with Crippen LogP contribution in [0.2, 0.25) is 5.28 Å². The van der Waals surface area contributed by atoms with Gasteiger partial charge in [0.2, 0.25) is 11.2 Å². The summed E-state index contributed by atoms with van der Waals surface area (Å²) in [6, 6.07) is 0.263. The number of unbranched alkanes of at least 4 members (excludes halogenated alkanes) is 2. The van der Waals surface area contributed by atoms with Crippen LogP contribution in [0.5, 0.6) is 6.01 Å². The predicted octanol–water partition coefficient (Wildman–Crippen LogP) is 3.94. The summed E-state index contributed by atoms with van der Waals surface area (Å²) in [5.41, 5.74) is 0.194. The fraction of sp³-hybridized carbons (Fsp3) is 0.786. The molecule has 0 saturated heterocycles. The van der Waals surface area contributed by atoms with Crippen molar-refractivity contribution in [2.75, 3.05) is 18.5 Å². The van der Waals surface area contributed by atoms with Gasteiger partial charge in [-0.3, -0.25) is 0 Å². The molecule has 0 amide bonds. The lowest BCUT2D eigenvalue weighted by Crippen LogP contribution is -2.24. The fourth-order valence-electron chi connectivity index (χ4n) is 1.86. The van der Waals surface area contributed by atoms with Crippen molar-refractivity contribution in [2.24, 2.45) is 5.41 Å². The third-order valence-corrected chi connectivity index (χ3v) is 3.21. The summed E-state index contributed by atoms with van der Waals surface area (Å²) < 4.78 is 5.25. The quantitative estimate of drug-likeness (QED) is 0.700. The number of halogens is 1. The van der Waals surface area contributed by atoms with Gasteiger partial charge in [-0.05, 0) is 30.4 Å². The molecule has 1 N–H and O–H groups in total. The first-order valence-electron chi connectivity index (χ1n) is 7.25. The second-order valence-electron chi connectivity index (χ2n) is 5.62. The molecule has 20 heavy (non-hydrogen) atoms. The highest BCUT2D eigenvalue weighted by molar-refractivity contribution is 6.28. The molecule has 0 fully saturated rings. The van der Waals surface area contributed by atoms with Gasteiger partial charge in [-0.25, -0.2) is 0 Å². The Hall–Kier alpha value is -1.10. The highest BCUT2D eigenvalue weighted by Crippen LogP contribution is 2.24. The minimum absolute atomic E-state index is 0.148. The van der Waals surface area contributed by atoms with E-state index in [0.717, 1.165) is 6.54 Å². The van der Waals surface area contributed by atoms with Crippen molar-refractivity contribution in [3.63, 3.8) is 0 Å². The van der Waals surface area contributed by atoms with Crippen LogP contribution in [0.4, 0.5) is 5.95 Å². The minimum Gasteiger partial charge on any atom is -0.464 e. The number of hydrogen-bond acceptors (Lipinski definition) is 5. The smallest absolute Gasteiger partial charge is 0.322 e. The summed E-state index contributed by atoms with van der Waals surface area (Å²) in [4.78, 5) is 12.2. The lowest BCUT2D eigenvalue weighted by Gasteiger charge is -2.24. The van der Waals surface area contributed by atoms with E-state index in [0.29, 0.717) is 12.6 Å². The van der Waals surface area contributed by atoms with Gasteiger partial charge in [-0.1, -0.05) is 40.0 Å². The van der Waals surface area contributed by atoms with Gasteiger partial charge < -0.3 is 10.1 Å². The Morgan fingerprint density at radius 2 is 1.90 bits per heavy atom. The first-order valence-corrected chi connectivity index (χ1v) is 7.63. The van der Waals surface area contributed by atoms with Crippen molar-refractivity contribution in [1.29, 1.82) is 0 Å². The normalized spacial score (nSPS) is 11.4. The second kappa shape index (κ2) is 8.25. The Labute approximate surface area is 126 Å². The molecule has 0 unspecified atom stereocenters. The molecule has 0 radical (unpaired) electrons. The predicted molar refractivity (Wildman–Crippen MR) is 82.4 cm³/mol. The molecule has 1 aromatic rings.